The van der Waals surface area contributed by atoms with Crippen molar-refractivity contribution in [3.8, 4) is 0 Å². The number of nitrogens with two attached hydrogens (primary N) is 1. The van der Waals surface area contributed by atoms with Gasteiger partial charge in [-0.1, -0.05) is 37.1 Å². The topological polar surface area (TPSA) is 26.0 Å². The van der Waals surface area contributed by atoms with E-state index in [0.29, 0.717) is 6.04 Å². The summed E-state index contributed by atoms with van der Waals surface area (Å²) in [7, 11) is 0. The van der Waals surface area contributed by atoms with Crippen molar-refractivity contribution in [2.45, 2.75) is 45.1 Å². The van der Waals surface area contributed by atoms with Crippen molar-refractivity contribution in [2.24, 2.45) is 23.5 Å². The fourth-order valence-corrected chi connectivity index (χ4v) is 3.91. The van der Waals surface area contributed by atoms with Gasteiger partial charge in [0.05, 0.1) is 0 Å². The smallest absolute Gasteiger partial charge is 0.0113 e. The lowest BCUT2D eigenvalue weighted by Crippen LogP contribution is -2.27. The Labute approximate surface area is 104 Å². The van der Waals surface area contributed by atoms with Crippen molar-refractivity contribution in [2.75, 3.05) is 0 Å². The Kier molecular flexibility index (Phi) is 2.96. The summed E-state index contributed by atoms with van der Waals surface area (Å²) in [5.41, 5.74) is 9.28. The molecule has 2 aliphatic rings. The van der Waals surface area contributed by atoms with Gasteiger partial charge in [0.1, 0.15) is 0 Å². The molecule has 0 radical (unpaired) electrons. The van der Waals surface area contributed by atoms with E-state index in [1.807, 2.05) is 0 Å². The van der Waals surface area contributed by atoms with Crippen LogP contribution < -0.4 is 5.73 Å². The van der Waals surface area contributed by atoms with E-state index in [2.05, 4.69) is 31.2 Å². The Bertz CT molecular complexity index is 386. The van der Waals surface area contributed by atoms with Crippen molar-refractivity contribution < 1.29 is 0 Å². The summed E-state index contributed by atoms with van der Waals surface area (Å²) >= 11 is 0. The first-order valence-electron chi connectivity index (χ1n) is 7.07. The molecule has 3 unspecified atom stereocenters. The molecule has 2 fully saturated rings. The zero-order valence-electron chi connectivity index (χ0n) is 10.7. The highest BCUT2D eigenvalue weighted by molar-refractivity contribution is 5.27. The van der Waals surface area contributed by atoms with E-state index >= 15 is 0 Å². The van der Waals surface area contributed by atoms with Crippen molar-refractivity contribution in [3.05, 3.63) is 35.4 Å². The molecule has 2 aliphatic carbocycles. The molecule has 17 heavy (non-hydrogen) atoms. The van der Waals surface area contributed by atoms with E-state index in [1.54, 1.807) is 0 Å². The van der Waals surface area contributed by atoms with E-state index in [9.17, 15) is 0 Å². The largest absolute Gasteiger partial charge is 0.327 e. The van der Waals surface area contributed by atoms with Crippen LogP contribution in [0, 0.1) is 24.7 Å². The van der Waals surface area contributed by atoms with Gasteiger partial charge < -0.3 is 5.73 Å². The van der Waals surface area contributed by atoms with Gasteiger partial charge in [-0.25, -0.2) is 0 Å². The summed E-state index contributed by atoms with van der Waals surface area (Å²) in [6, 6.07) is 9.07. The van der Waals surface area contributed by atoms with E-state index in [-0.39, 0.29) is 0 Å². The number of hydrogen-bond acceptors (Lipinski definition) is 1. The molecule has 3 atom stereocenters. The molecule has 1 heteroatoms. The van der Waals surface area contributed by atoms with Gasteiger partial charge in [0.2, 0.25) is 0 Å². The van der Waals surface area contributed by atoms with Crippen molar-refractivity contribution in [3.63, 3.8) is 0 Å². The Morgan fingerprint density at radius 2 is 1.82 bits per heavy atom. The molecule has 0 saturated heterocycles. The van der Waals surface area contributed by atoms with E-state index in [1.165, 1.54) is 36.8 Å². The van der Waals surface area contributed by atoms with Gasteiger partial charge in [0.15, 0.2) is 0 Å². The SMILES string of the molecule is Cc1ccccc1CC(N)C1C2CCCCC21. The highest BCUT2D eigenvalue weighted by Crippen LogP contribution is 2.56. The minimum Gasteiger partial charge on any atom is -0.327 e. The monoisotopic (exact) mass is 229 g/mol. The zero-order chi connectivity index (χ0) is 11.8. The second kappa shape index (κ2) is 4.45. The van der Waals surface area contributed by atoms with E-state index in [0.717, 1.165) is 24.2 Å². The van der Waals surface area contributed by atoms with Crippen LogP contribution in [0.25, 0.3) is 0 Å². The second-order valence-electron chi connectivity index (χ2n) is 5.98. The first-order chi connectivity index (χ1) is 8.27. The molecule has 2 saturated carbocycles. The number of hydrogen-bond donors (Lipinski definition) is 1. The third-order valence-electron chi connectivity index (χ3n) is 4.93. The van der Waals surface area contributed by atoms with E-state index in [4.69, 9.17) is 5.73 Å². The number of benzene rings is 1. The third-order valence-corrected chi connectivity index (χ3v) is 4.93. The summed E-state index contributed by atoms with van der Waals surface area (Å²) in [5, 5.41) is 0. The molecule has 1 aromatic rings. The van der Waals surface area contributed by atoms with Crippen LogP contribution in [0.1, 0.15) is 36.8 Å². The lowest BCUT2D eigenvalue weighted by Gasteiger charge is -2.13. The molecule has 1 aromatic carbocycles. The molecule has 0 aromatic heterocycles. The van der Waals surface area contributed by atoms with Gasteiger partial charge in [0, 0.05) is 6.04 Å². The standard InChI is InChI=1S/C16H23N/c1-11-6-2-3-7-12(11)10-15(17)16-13-8-4-5-9-14(13)16/h2-3,6-7,13-16H,4-5,8-10,17H2,1H3. The van der Waals surface area contributed by atoms with Crippen molar-refractivity contribution >= 4 is 0 Å². The minimum atomic E-state index is 0.393. The van der Waals surface area contributed by atoms with E-state index < -0.39 is 0 Å². The molecule has 3 rings (SSSR count). The molecular formula is C16H23N. The molecule has 92 valence electrons. The first-order valence-corrected chi connectivity index (χ1v) is 7.07. The van der Waals surface area contributed by atoms with Crippen molar-refractivity contribution in [1.29, 1.82) is 0 Å². The molecule has 0 spiro atoms. The lowest BCUT2D eigenvalue weighted by molar-refractivity contribution is 0.480. The average molecular weight is 229 g/mol. The normalized spacial score (nSPS) is 32.9. The molecule has 0 amide bonds. The average Bonchev–Trinajstić information content (AvgIpc) is 3.06. The van der Waals surface area contributed by atoms with Crippen LogP contribution in [-0.2, 0) is 6.42 Å². The molecule has 2 N–H and O–H groups in total. The Morgan fingerprint density at radius 3 is 2.47 bits per heavy atom. The summed E-state index contributed by atoms with van der Waals surface area (Å²) < 4.78 is 0. The number of fused-ring (bicyclic) bond motifs is 1. The highest BCUT2D eigenvalue weighted by atomic mass is 14.7. The molecule has 0 aliphatic heterocycles. The minimum absolute atomic E-state index is 0.393. The van der Waals surface area contributed by atoms with Crippen LogP contribution in [0.5, 0.6) is 0 Å². The predicted octanol–water partition coefficient (Wildman–Crippen LogP) is 3.30. The highest BCUT2D eigenvalue weighted by Gasteiger charge is 2.52. The quantitative estimate of drug-likeness (QED) is 0.845. The second-order valence-corrected chi connectivity index (χ2v) is 5.98. The first kappa shape index (κ1) is 11.3. The summed E-state index contributed by atoms with van der Waals surface area (Å²) in [6.07, 6.45) is 6.83. The van der Waals surface area contributed by atoms with Gasteiger partial charge >= 0.3 is 0 Å². The number of rotatable bonds is 3. The fraction of sp³-hybridized carbons (Fsp3) is 0.625. The van der Waals surface area contributed by atoms with Gasteiger partial charge in [-0.15, -0.1) is 0 Å². The summed E-state index contributed by atoms with van der Waals surface area (Å²) in [6.45, 7) is 2.20. The third kappa shape index (κ3) is 2.13. The number of aryl methyl sites for hydroxylation is 1. The van der Waals surface area contributed by atoms with Crippen LogP contribution in [0.2, 0.25) is 0 Å². The van der Waals surface area contributed by atoms with Crippen LogP contribution in [0.15, 0.2) is 24.3 Å². The molecule has 0 bridgehead atoms. The maximum absolute atomic E-state index is 6.44. The fourth-order valence-electron chi connectivity index (χ4n) is 3.91. The Morgan fingerprint density at radius 1 is 1.18 bits per heavy atom. The lowest BCUT2D eigenvalue weighted by atomic mass is 9.97. The van der Waals surface area contributed by atoms with Crippen molar-refractivity contribution in [1.82, 2.24) is 0 Å². The molecule has 0 heterocycles. The summed E-state index contributed by atoms with van der Waals surface area (Å²) in [5.74, 6) is 2.78. The van der Waals surface area contributed by atoms with Gasteiger partial charge in [-0.2, -0.15) is 0 Å². The van der Waals surface area contributed by atoms with Gasteiger partial charge in [-0.05, 0) is 55.1 Å². The van der Waals surface area contributed by atoms with Gasteiger partial charge in [-0.3, -0.25) is 0 Å². The van der Waals surface area contributed by atoms with Crippen LogP contribution >= 0.6 is 0 Å². The maximum atomic E-state index is 6.44. The molecular weight excluding hydrogens is 206 g/mol. The van der Waals surface area contributed by atoms with Crippen LogP contribution in [0.3, 0.4) is 0 Å². The van der Waals surface area contributed by atoms with Gasteiger partial charge in [0.25, 0.3) is 0 Å². The summed E-state index contributed by atoms with van der Waals surface area (Å²) in [4.78, 5) is 0. The predicted molar refractivity (Wildman–Crippen MR) is 71.8 cm³/mol. The van der Waals surface area contributed by atoms with Crippen LogP contribution in [0.4, 0.5) is 0 Å². The van der Waals surface area contributed by atoms with Crippen LogP contribution in [-0.4, -0.2) is 6.04 Å². The Hall–Kier alpha value is -0.820. The maximum Gasteiger partial charge on any atom is 0.0113 e. The Balaban J connectivity index is 1.64. The zero-order valence-corrected chi connectivity index (χ0v) is 10.7. The molecule has 1 nitrogen and oxygen atoms in total.